The zero-order valence-electron chi connectivity index (χ0n) is 13.6. The van der Waals surface area contributed by atoms with Crippen molar-refractivity contribution in [2.75, 3.05) is 7.11 Å². The first kappa shape index (κ1) is 15.5. The van der Waals surface area contributed by atoms with Crippen LogP contribution in [0.5, 0.6) is 5.75 Å². The van der Waals surface area contributed by atoms with Crippen LogP contribution in [0.4, 0.5) is 0 Å². The minimum absolute atomic E-state index is 0.00842. The molecular formula is C19H22N2O2. The summed E-state index contributed by atoms with van der Waals surface area (Å²) in [6.45, 7) is 2.06. The Kier molecular flexibility index (Phi) is 4.60. The quantitative estimate of drug-likeness (QED) is 0.821. The molecule has 1 aliphatic rings. The molecule has 0 N–H and O–H groups in total. The fourth-order valence-corrected chi connectivity index (χ4v) is 2.96. The highest BCUT2D eigenvalue weighted by Gasteiger charge is 2.36. The molecule has 1 saturated carbocycles. The summed E-state index contributed by atoms with van der Waals surface area (Å²) in [5, 5.41) is 0. The predicted molar refractivity (Wildman–Crippen MR) is 89.2 cm³/mol. The number of benzene rings is 1. The van der Waals surface area contributed by atoms with Gasteiger partial charge in [0.15, 0.2) is 0 Å². The van der Waals surface area contributed by atoms with Gasteiger partial charge in [-0.05, 0) is 38.0 Å². The van der Waals surface area contributed by atoms with Crippen LogP contribution in [0, 0.1) is 0 Å². The van der Waals surface area contributed by atoms with Crippen LogP contribution >= 0.6 is 0 Å². The van der Waals surface area contributed by atoms with Crippen molar-refractivity contribution in [1.29, 1.82) is 0 Å². The van der Waals surface area contributed by atoms with Gasteiger partial charge in [-0.3, -0.25) is 9.78 Å². The van der Waals surface area contributed by atoms with E-state index >= 15 is 0 Å². The van der Waals surface area contributed by atoms with Gasteiger partial charge < -0.3 is 9.64 Å². The number of amides is 1. The number of para-hydroxylation sites is 1. The Labute approximate surface area is 137 Å². The Balaban J connectivity index is 1.80. The van der Waals surface area contributed by atoms with Gasteiger partial charge in [0.05, 0.1) is 25.3 Å². The van der Waals surface area contributed by atoms with Crippen molar-refractivity contribution >= 4 is 5.91 Å². The van der Waals surface area contributed by atoms with Gasteiger partial charge in [0.25, 0.3) is 0 Å². The normalized spacial score (nSPS) is 15.0. The third-order valence-electron chi connectivity index (χ3n) is 4.30. The molecule has 1 aromatic heterocycles. The average Bonchev–Trinajstić information content (AvgIpc) is 3.41. The smallest absolute Gasteiger partial charge is 0.227 e. The van der Waals surface area contributed by atoms with Crippen LogP contribution in [0.3, 0.4) is 0 Å². The lowest BCUT2D eigenvalue weighted by Gasteiger charge is -2.29. The molecule has 4 heteroatoms. The number of aromatic nitrogens is 1. The first-order valence-corrected chi connectivity index (χ1v) is 8.04. The monoisotopic (exact) mass is 310 g/mol. The lowest BCUT2D eigenvalue weighted by atomic mass is 10.1. The summed E-state index contributed by atoms with van der Waals surface area (Å²) in [6, 6.07) is 13.9. The van der Waals surface area contributed by atoms with E-state index in [2.05, 4.69) is 11.9 Å². The van der Waals surface area contributed by atoms with E-state index in [1.807, 2.05) is 47.4 Å². The molecule has 0 aliphatic heterocycles. The van der Waals surface area contributed by atoms with Crippen molar-refractivity contribution in [3.8, 4) is 5.75 Å². The van der Waals surface area contributed by atoms with Crippen LogP contribution in [-0.2, 0) is 11.2 Å². The van der Waals surface area contributed by atoms with Crippen LogP contribution < -0.4 is 4.74 Å². The van der Waals surface area contributed by atoms with E-state index in [1.54, 1.807) is 13.3 Å². The lowest BCUT2D eigenvalue weighted by molar-refractivity contribution is -0.133. The van der Waals surface area contributed by atoms with Gasteiger partial charge in [0.2, 0.25) is 5.91 Å². The maximum Gasteiger partial charge on any atom is 0.227 e. The zero-order valence-corrected chi connectivity index (χ0v) is 13.6. The minimum atomic E-state index is -0.00842. The standard InChI is InChI=1S/C19H22N2O2/c1-14(17-8-5-6-12-20-17)21(16-10-11-16)19(22)13-15-7-3-4-9-18(15)23-2/h3-9,12,14,16H,10-11,13H2,1-2H3/t14-/m0/s1. The molecular weight excluding hydrogens is 288 g/mol. The second-order valence-electron chi connectivity index (χ2n) is 5.95. The zero-order chi connectivity index (χ0) is 16.2. The topological polar surface area (TPSA) is 42.4 Å². The van der Waals surface area contributed by atoms with Crippen LogP contribution in [0.1, 0.15) is 37.1 Å². The van der Waals surface area contributed by atoms with Gasteiger partial charge in [-0.2, -0.15) is 0 Å². The first-order valence-electron chi connectivity index (χ1n) is 8.04. The highest BCUT2D eigenvalue weighted by molar-refractivity contribution is 5.80. The highest BCUT2D eigenvalue weighted by Crippen LogP contribution is 2.34. The Bertz CT molecular complexity index is 668. The molecule has 0 unspecified atom stereocenters. The minimum Gasteiger partial charge on any atom is -0.496 e. The second-order valence-corrected chi connectivity index (χ2v) is 5.95. The molecule has 120 valence electrons. The van der Waals surface area contributed by atoms with Gasteiger partial charge in [-0.25, -0.2) is 0 Å². The summed E-state index contributed by atoms with van der Waals surface area (Å²) < 4.78 is 5.36. The predicted octanol–water partition coefficient (Wildman–Crippen LogP) is 3.38. The number of rotatable bonds is 6. The molecule has 0 radical (unpaired) electrons. The van der Waals surface area contributed by atoms with Gasteiger partial charge in [0, 0.05) is 17.8 Å². The Morgan fingerprint density at radius 3 is 2.65 bits per heavy atom. The molecule has 1 heterocycles. The summed E-state index contributed by atoms with van der Waals surface area (Å²) in [5.41, 5.74) is 1.87. The van der Waals surface area contributed by atoms with E-state index in [-0.39, 0.29) is 11.9 Å². The largest absolute Gasteiger partial charge is 0.496 e. The summed E-state index contributed by atoms with van der Waals surface area (Å²) in [7, 11) is 1.64. The molecule has 1 aromatic carbocycles. The summed E-state index contributed by atoms with van der Waals surface area (Å²) in [6.07, 6.45) is 4.29. The first-order chi connectivity index (χ1) is 11.2. The van der Waals surface area contributed by atoms with E-state index in [1.165, 1.54) is 0 Å². The molecule has 3 rings (SSSR count). The molecule has 23 heavy (non-hydrogen) atoms. The molecule has 1 fully saturated rings. The summed E-state index contributed by atoms with van der Waals surface area (Å²) in [4.78, 5) is 19.3. The fraction of sp³-hybridized carbons (Fsp3) is 0.368. The van der Waals surface area contributed by atoms with Crippen molar-refractivity contribution in [3.63, 3.8) is 0 Å². The Hall–Kier alpha value is -2.36. The highest BCUT2D eigenvalue weighted by atomic mass is 16.5. The van der Waals surface area contributed by atoms with E-state index in [0.29, 0.717) is 12.5 Å². The average molecular weight is 310 g/mol. The number of pyridine rings is 1. The van der Waals surface area contributed by atoms with Crippen molar-refractivity contribution in [2.24, 2.45) is 0 Å². The van der Waals surface area contributed by atoms with Crippen LogP contribution in [0.25, 0.3) is 0 Å². The van der Waals surface area contributed by atoms with Crippen molar-refractivity contribution < 1.29 is 9.53 Å². The molecule has 1 aliphatic carbocycles. The number of hydrogen-bond acceptors (Lipinski definition) is 3. The maximum atomic E-state index is 12.9. The van der Waals surface area contributed by atoms with Gasteiger partial charge >= 0.3 is 0 Å². The second kappa shape index (κ2) is 6.82. The molecule has 2 aromatic rings. The molecule has 4 nitrogen and oxygen atoms in total. The van der Waals surface area contributed by atoms with Gasteiger partial charge in [-0.1, -0.05) is 24.3 Å². The van der Waals surface area contributed by atoms with Gasteiger partial charge in [0.1, 0.15) is 5.75 Å². The molecule has 0 spiro atoms. The number of carbonyl (C=O) groups is 1. The number of nitrogens with zero attached hydrogens (tertiary/aromatic N) is 2. The number of carbonyl (C=O) groups excluding carboxylic acids is 1. The van der Waals surface area contributed by atoms with E-state index in [4.69, 9.17) is 4.74 Å². The molecule has 0 saturated heterocycles. The summed E-state index contributed by atoms with van der Waals surface area (Å²) >= 11 is 0. The van der Waals surface area contributed by atoms with E-state index in [9.17, 15) is 4.79 Å². The van der Waals surface area contributed by atoms with Crippen LogP contribution in [0.2, 0.25) is 0 Å². The number of hydrogen-bond donors (Lipinski definition) is 0. The van der Waals surface area contributed by atoms with Crippen molar-refractivity contribution in [2.45, 2.75) is 38.3 Å². The summed E-state index contributed by atoms with van der Waals surface area (Å²) in [5.74, 6) is 0.900. The third kappa shape index (κ3) is 3.52. The lowest BCUT2D eigenvalue weighted by Crippen LogP contribution is -2.37. The fourth-order valence-electron chi connectivity index (χ4n) is 2.96. The van der Waals surface area contributed by atoms with Crippen molar-refractivity contribution in [1.82, 2.24) is 9.88 Å². The van der Waals surface area contributed by atoms with Crippen LogP contribution in [0.15, 0.2) is 48.7 Å². The van der Waals surface area contributed by atoms with Crippen LogP contribution in [-0.4, -0.2) is 28.9 Å². The Morgan fingerprint density at radius 1 is 1.26 bits per heavy atom. The van der Waals surface area contributed by atoms with Gasteiger partial charge in [-0.15, -0.1) is 0 Å². The number of methoxy groups -OCH3 is 1. The van der Waals surface area contributed by atoms with Crippen molar-refractivity contribution in [3.05, 3.63) is 59.9 Å². The van der Waals surface area contributed by atoms with E-state index in [0.717, 1.165) is 29.8 Å². The Morgan fingerprint density at radius 2 is 2.00 bits per heavy atom. The molecule has 0 bridgehead atoms. The number of ether oxygens (including phenoxy) is 1. The maximum absolute atomic E-state index is 12.9. The molecule has 1 amide bonds. The molecule has 1 atom stereocenters. The third-order valence-corrected chi connectivity index (χ3v) is 4.30. The SMILES string of the molecule is COc1ccccc1CC(=O)N(C1CC1)[C@@H](C)c1ccccn1. The van der Waals surface area contributed by atoms with E-state index < -0.39 is 0 Å².